The van der Waals surface area contributed by atoms with E-state index in [4.69, 9.17) is 4.42 Å². The highest BCUT2D eigenvalue weighted by Crippen LogP contribution is 2.27. The summed E-state index contributed by atoms with van der Waals surface area (Å²) in [7, 11) is 0. The smallest absolute Gasteiger partial charge is 0.191 e. The Kier molecular flexibility index (Phi) is 8.96. The van der Waals surface area contributed by atoms with Gasteiger partial charge < -0.3 is 20.2 Å². The van der Waals surface area contributed by atoms with E-state index >= 15 is 0 Å². The fourth-order valence-corrected chi connectivity index (χ4v) is 2.07. The molecule has 0 spiro atoms. The second kappa shape index (κ2) is 9.30. The van der Waals surface area contributed by atoms with Crippen molar-refractivity contribution in [1.82, 2.24) is 10.6 Å². The van der Waals surface area contributed by atoms with Gasteiger partial charge in [-0.1, -0.05) is 6.92 Å². The van der Waals surface area contributed by atoms with Gasteiger partial charge in [-0.25, -0.2) is 4.99 Å². The van der Waals surface area contributed by atoms with Crippen molar-refractivity contribution in [3.05, 3.63) is 23.2 Å². The first-order chi connectivity index (χ1) is 9.40. The number of furan rings is 1. The van der Waals surface area contributed by atoms with E-state index in [1.807, 2.05) is 26.8 Å². The number of rotatable bonds is 6. The van der Waals surface area contributed by atoms with Crippen molar-refractivity contribution in [1.29, 1.82) is 0 Å². The van der Waals surface area contributed by atoms with Gasteiger partial charge in [0.05, 0.1) is 6.54 Å². The largest absolute Gasteiger partial charge is 0.466 e. The highest BCUT2D eigenvalue weighted by molar-refractivity contribution is 14.0. The van der Waals surface area contributed by atoms with Crippen molar-refractivity contribution in [3.8, 4) is 0 Å². The number of hydrogen-bond donors (Lipinski definition) is 3. The highest BCUT2D eigenvalue weighted by atomic mass is 127. The minimum absolute atomic E-state index is 0. The molecule has 1 atom stereocenters. The van der Waals surface area contributed by atoms with Crippen LogP contribution in [0.4, 0.5) is 0 Å². The van der Waals surface area contributed by atoms with Gasteiger partial charge in [-0.05, 0) is 40.2 Å². The predicted octanol–water partition coefficient (Wildman–Crippen LogP) is 2.69. The molecule has 1 aromatic rings. The van der Waals surface area contributed by atoms with Crippen molar-refractivity contribution in [2.45, 2.75) is 46.6 Å². The summed E-state index contributed by atoms with van der Waals surface area (Å²) in [5.41, 5.74) is -0.235. The molecule has 0 radical (unpaired) electrons. The van der Waals surface area contributed by atoms with Crippen molar-refractivity contribution in [3.63, 3.8) is 0 Å². The van der Waals surface area contributed by atoms with E-state index in [9.17, 15) is 5.11 Å². The molecular formula is C15H28IN3O2. The molecular weight excluding hydrogens is 381 g/mol. The van der Waals surface area contributed by atoms with Crippen LogP contribution in [0.25, 0.3) is 0 Å². The molecule has 1 heterocycles. The van der Waals surface area contributed by atoms with E-state index in [1.54, 1.807) is 6.92 Å². The Labute approximate surface area is 144 Å². The molecule has 0 aliphatic carbocycles. The van der Waals surface area contributed by atoms with Gasteiger partial charge >= 0.3 is 0 Å². The fourth-order valence-electron chi connectivity index (χ4n) is 2.07. The molecule has 122 valence electrons. The summed E-state index contributed by atoms with van der Waals surface area (Å²) in [5, 5.41) is 17.0. The average molecular weight is 409 g/mol. The van der Waals surface area contributed by atoms with Gasteiger partial charge in [-0.3, -0.25) is 0 Å². The van der Waals surface area contributed by atoms with Crippen LogP contribution in [-0.2, 0) is 5.60 Å². The number of aryl methyl sites for hydroxylation is 2. The Morgan fingerprint density at radius 2 is 2.00 bits per heavy atom. The summed E-state index contributed by atoms with van der Waals surface area (Å²) in [5.74, 6) is 2.28. The summed E-state index contributed by atoms with van der Waals surface area (Å²) < 4.78 is 5.48. The fraction of sp³-hybridized carbons (Fsp3) is 0.667. The van der Waals surface area contributed by atoms with Crippen molar-refractivity contribution in [2.75, 3.05) is 19.6 Å². The normalized spacial score (nSPS) is 14.3. The maximum Gasteiger partial charge on any atom is 0.191 e. The quantitative estimate of drug-likeness (QED) is 0.384. The number of hydrogen-bond acceptors (Lipinski definition) is 3. The SMILES string of the molecule is CCCNC(=NCC(C)(O)c1cc(C)oc1C)NCC.I. The van der Waals surface area contributed by atoms with Gasteiger partial charge in [0.25, 0.3) is 0 Å². The zero-order valence-corrected chi connectivity index (χ0v) is 15.9. The molecule has 1 rings (SSSR count). The third kappa shape index (κ3) is 6.25. The summed E-state index contributed by atoms with van der Waals surface area (Å²) >= 11 is 0. The van der Waals surface area contributed by atoms with E-state index in [0.29, 0.717) is 0 Å². The molecule has 6 heteroatoms. The monoisotopic (exact) mass is 409 g/mol. The Morgan fingerprint density at radius 3 is 2.48 bits per heavy atom. The van der Waals surface area contributed by atoms with Gasteiger partial charge in [-0.2, -0.15) is 0 Å². The lowest BCUT2D eigenvalue weighted by atomic mass is 9.96. The van der Waals surface area contributed by atoms with E-state index in [2.05, 4.69) is 22.5 Å². The summed E-state index contributed by atoms with van der Waals surface area (Å²) in [6, 6.07) is 1.87. The standard InChI is InChI=1S/C15H27N3O2.HI/c1-6-8-17-14(16-7-2)18-10-15(5,19)13-9-11(3)20-12(13)4;/h9,19H,6-8,10H2,1-5H3,(H2,16,17,18);1H. The summed E-state index contributed by atoms with van der Waals surface area (Å²) in [6.45, 7) is 11.6. The maximum absolute atomic E-state index is 10.6. The van der Waals surface area contributed by atoms with Crippen LogP contribution in [0.1, 0.15) is 44.3 Å². The van der Waals surface area contributed by atoms with Gasteiger partial charge in [0.2, 0.25) is 0 Å². The summed E-state index contributed by atoms with van der Waals surface area (Å²) in [4.78, 5) is 4.45. The molecule has 0 fully saturated rings. The summed E-state index contributed by atoms with van der Waals surface area (Å²) in [6.07, 6.45) is 1.03. The van der Waals surface area contributed by atoms with E-state index in [0.717, 1.165) is 42.6 Å². The number of nitrogens with zero attached hydrogens (tertiary/aromatic N) is 1. The van der Waals surface area contributed by atoms with Crippen molar-refractivity contribution >= 4 is 29.9 Å². The zero-order valence-electron chi connectivity index (χ0n) is 13.6. The second-order valence-electron chi connectivity index (χ2n) is 5.22. The molecule has 0 saturated carbocycles. The molecule has 3 N–H and O–H groups in total. The van der Waals surface area contributed by atoms with Crippen LogP contribution in [0, 0.1) is 13.8 Å². The molecule has 0 amide bonds. The van der Waals surface area contributed by atoms with E-state index in [1.165, 1.54) is 0 Å². The highest BCUT2D eigenvalue weighted by Gasteiger charge is 2.27. The third-order valence-corrected chi connectivity index (χ3v) is 3.05. The Balaban J connectivity index is 0.00000400. The first-order valence-corrected chi connectivity index (χ1v) is 7.22. The second-order valence-corrected chi connectivity index (χ2v) is 5.22. The lowest BCUT2D eigenvalue weighted by Gasteiger charge is -2.21. The van der Waals surface area contributed by atoms with Crippen LogP contribution in [0.15, 0.2) is 15.5 Å². The Hall–Kier alpha value is -0.760. The maximum atomic E-state index is 10.6. The van der Waals surface area contributed by atoms with Gasteiger partial charge in [0.1, 0.15) is 17.1 Å². The molecule has 0 aliphatic rings. The van der Waals surface area contributed by atoms with Crippen LogP contribution in [0.5, 0.6) is 0 Å². The van der Waals surface area contributed by atoms with Gasteiger partial charge in [-0.15, -0.1) is 24.0 Å². The van der Waals surface area contributed by atoms with Crippen molar-refractivity contribution < 1.29 is 9.52 Å². The number of halogens is 1. The van der Waals surface area contributed by atoms with Crippen LogP contribution >= 0.6 is 24.0 Å². The van der Waals surface area contributed by atoms with Gasteiger partial charge in [0.15, 0.2) is 5.96 Å². The minimum Gasteiger partial charge on any atom is -0.466 e. The van der Waals surface area contributed by atoms with E-state index in [-0.39, 0.29) is 30.5 Å². The zero-order chi connectivity index (χ0) is 15.2. The van der Waals surface area contributed by atoms with Crippen LogP contribution in [-0.4, -0.2) is 30.7 Å². The molecule has 0 aliphatic heterocycles. The predicted molar refractivity (Wildman–Crippen MR) is 97.4 cm³/mol. The Bertz CT molecular complexity index is 456. The molecule has 0 aromatic carbocycles. The van der Waals surface area contributed by atoms with E-state index < -0.39 is 5.60 Å². The number of guanidine groups is 1. The van der Waals surface area contributed by atoms with Crippen molar-refractivity contribution in [2.24, 2.45) is 4.99 Å². The average Bonchev–Trinajstić information content (AvgIpc) is 2.73. The van der Waals surface area contributed by atoms with Crippen LogP contribution in [0.2, 0.25) is 0 Å². The molecule has 5 nitrogen and oxygen atoms in total. The first-order valence-electron chi connectivity index (χ1n) is 7.22. The third-order valence-electron chi connectivity index (χ3n) is 3.05. The Morgan fingerprint density at radius 1 is 1.33 bits per heavy atom. The lowest BCUT2D eigenvalue weighted by Crippen LogP contribution is -2.39. The minimum atomic E-state index is -1.03. The topological polar surface area (TPSA) is 69.8 Å². The van der Waals surface area contributed by atoms with Gasteiger partial charge in [0, 0.05) is 18.7 Å². The molecule has 0 saturated heterocycles. The lowest BCUT2D eigenvalue weighted by molar-refractivity contribution is 0.0657. The first kappa shape index (κ1) is 20.2. The molecule has 0 bridgehead atoms. The number of aliphatic imine (C=N–C) groups is 1. The van der Waals surface area contributed by atoms with Crippen LogP contribution < -0.4 is 10.6 Å². The molecule has 21 heavy (non-hydrogen) atoms. The molecule has 1 unspecified atom stereocenters. The van der Waals surface area contributed by atoms with Crippen LogP contribution in [0.3, 0.4) is 0 Å². The molecule has 1 aromatic heterocycles. The number of nitrogens with one attached hydrogen (secondary N) is 2. The number of aliphatic hydroxyl groups is 1.